The van der Waals surface area contributed by atoms with Crippen molar-refractivity contribution in [3.8, 4) is 11.5 Å². The molecule has 0 amide bonds. The standard InChI is InChI=1S/C17H20N4O2/c1-13-11-16-17(19-8-9-21(16)20-13)18-7-4-10-23-15-6-3-5-14(12-15)22-2/h3,5-6,8-9,11-12H,4,7,10H2,1-2H3,(H,18,19). The minimum absolute atomic E-state index is 0.627. The van der Waals surface area contributed by atoms with E-state index in [4.69, 9.17) is 9.47 Å². The molecule has 0 atom stereocenters. The fourth-order valence-corrected chi connectivity index (χ4v) is 2.34. The second-order valence-electron chi connectivity index (χ2n) is 5.20. The van der Waals surface area contributed by atoms with E-state index in [0.717, 1.165) is 41.5 Å². The molecule has 120 valence electrons. The Hall–Kier alpha value is -2.76. The molecule has 0 aliphatic carbocycles. The maximum Gasteiger partial charge on any atom is 0.152 e. The second kappa shape index (κ2) is 7.00. The summed E-state index contributed by atoms with van der Waals surface area (Å²) < 4.78 is 12.7. The summed E-state index contributed by atoms with van der Waals surface area (Å²) in [7, 11) is 1.65. The number of ether oxygens (including phenoxy) is 2. The van der Waals surface area contributed by atoms with E-state index >= 15 is 0 Å². The first-order valence-corrected chi connectivity index (χ1v) is 7.58. The summed E-state index contributed by atoms with van der Waals surface area (Å²) in [5.41, 5.74) is 1.96. The van der Waals surface area contributed by atoms with E-state index in [1.54, 1.807) is 13.3 Å². The predicted molar refractivity (Wildman–Crippen MR) is 89.3 cm³/mol. The highest BCUT2D eigenvalue weighted by Crippen LogP contribution is 2.19. The van der Waals surface area contributed by atoms with Crippen molar-refractivity contribution in [2.24, 2.45) is 0 Å². The van der Waals surface area contributed by atoms with E-state index in [-0.39, 0.29) is 0 Å². The van der Waals surface area contributed by atoms with Gasteiger partial charge in [-0.2, -0.15) is 5.10 Å². The Morgan fingerprint density at radius 2 is 2.09 bits per heavy atom. The van der Waals surface area contributed by atoms with Gasteiger partial charge in [0.2, 0.25) is 0 Å². The Morgan fingerprint density at radius 1 is 1.22 bits per heavy atom. The van der Waals surface area contributed by atoms with Crippen molar-refractivity contribution in [3.63, 3.8) is 0 Å². The second-order valence-corrected chi connectivity index (χ2v) is 5.20. The zero-order chi connectivity index (χ0) is 16.1. The highest BCUT2D eigenvalue weighted by molar-refractivity contribution is 5.67. The summed E-state index contributed by atoms with van der Waals surface area (Å²) in [6, 6.07) is 9.63. The van der Waals surface area contributed by atoms with Crippen LogP contribution < -0.4 is 14.8 Å². The van der Waals surface area contributed by atoms with E-state index in [1.807, 2.05) is 48.0 Å². The molecule has 1 N–H and O–H groups in total. The molecule has 0 bridgehead atoms. The highest BCUT2D eigenvalue weighted by Gasteiger charge is 2.04. The molecule has 0 unspecified atom stereocenters. The number of fused-ring (bicyclic) bond motifs is 1. The molecule has 0 aliphatic rings. The molecule has 0 fully saturated rings. The lowest BCUT2D eigenvalue weighted by Crippen LogP contribution is -2.09. The molecular formula is C17H20N4O2. The monoisotopic (exact) mass is 312 g/mol. The van der Waals surface area contributed by atoms with Gasteiger partial charge in [0.25, 0.3) is 0 Å². The Balaban J connectivity index is 1.49. The van der Waals surface area contributed by atoms with E-state index in [9.17, 15) is 0 Å². The van der Waals surface area contributed by atoms with Crippen LogP contribution in [0.3, 0.4) is 0 Å². The molecular weight excluding hydrogens is 292 g/mol. The highest BCUT2D eigenvalue weighted by atomic mass is 16.5. The van der Waals surface area contributed by atoms with Gasteiger partial charge in [0.1, 0.15) is 17.0 Å². The van der Waals surface area contributed by atoms with Crippen molar-refractivity contribution < 1.29 is 9.47 Å². The van der Waals surface area contributed by atoms with Crippen LogP contribution in [0.5, 0.6) is 11.5 Å². The van der Waals surface area contributed by atoms with Crippen LogP contribution in [0.15, 0.2) is 42.7 Å². The van der Waals surface area contributed by atoms with Crippen LogP contribution in [-0.2, 0) is 0 Å². The lowest BCUT2D eigenvalue weighted by molar-refractivity contribution is 0.312. The minimum atomic E-state index is 0.627. The molecule has 6 nitrogen and oxygen atoms in total. The number of nitrogens with one attached hydrogen (secondary N) is 1. The molecule has 3 rings (SSSR count). The van der Waals surface area contributed by atoms with Crippen molar-refractivity contribution in [3.05, 3.63) is 48.4 Å². The molecule has 1 aromatic carbocycles. The molecule has 0 saturated carbocycles. The smallest absolute Gasteiger partial charge is 0.152 e. The summed E-state index contributed by atoms with van der Waals surface area (Å²) >= 11 is 0. The third kappa shape index (κ3) is 3.71. The van der Waals surface area contributed by atoms with Crippen LogP contribution >= 0.6 is 0 Å². The van der Waals surface area contributed by atoms with Gasteiger partial charge in [-0.3, -0.25) is 0 Å². The fourth-order valence-electron chi connectivity index (χ4n) is 2.34. The largest absolute Gasteiger partial charge is 0.497 e. The lowest BCUT2D eigenvalue weighted by atomic mass is 10.3. The number of benzene rings is 1. The van der Waals surface area contributed by atoms with Crippen LogP contribution in [-0.4, -0.2) is 34.9 Å². The number of aromatic nitrogens is 3. The average molecular weight is 312 g/mol. The van der Waals surface area contributed by atoms with Crippen LogP contribution in [0.2, 0.25) is 0 Å². The SMILES string of the molecule is COc1cccc(OCCCNc2nccn3nc(C)cc23)c1. The molecule has 0 saturated heterocycles. The predicted octanol–water partition coefficient (Wildman–Crippen LogP) is 2.93. The number of methoxy groups -OCH3 is 1. The molecule has 3 aromatic rings. The first kappa shape index (κ1) is 15.1. The van der Waals surface area contributed by atoms with Gasteiger partial charge in [-0.05, 0) is 31.5 Å². The van der Waals surface area contributed by atoms with Crippen molar-refractivity contribution in [2.45, 2.75) is 13.3 Å². The molecule has 0 radical (unpaired) electrons. The third-order valence-corrected chi connectivity index (χ3v) is 3.44. The van der Waals surface area contributed by atoms with E-state index < -0.39 is 0 Å². The van der Waals surface area contributed by atoms with Gasteiger partial charge in [0.05, 0.1) is 19.4 Å². The molecule has 2 aromatic heterocycles. The van der Waals surface area contributed by atoms with Gasteiger partial charge >= 0.3 is 0 Å². The number of hydrogen-bond donors (Lipinski definition) is 1. The van der Waals surface area contributed by atoms with Gasteiger partial charge in [-0.15, -0.1) is 0 Å². The van der Waals surface area contributed by atoms with E-state index in [2.05, 4.69) is 15.4 Å². The molecule has 2 heterocycles. The maximum absolute atomic E-state index is 5.72. The van der Waals surface area contributed by atoms with Crippen molar-refractivity contribution >= 4 is 11.3 Å². The summed E-state index contributed by atoms with van der Waals surface area (Å²) in [6.45, 7) is 3.38. The maximum atomic E-state index is 5.72. The number of nitrogens with zero attached hydrogens (tertiary/aromatic N) is 3. The summed E-state index contributed by atoms with van der Waals surface area (Å²) in [4.78, 5) is 4.37. The normalized spacial score (nSPS) is 10.7. The van der Waals surface area contributed by atoms with Crippen molar-refractivity contribution in [1.29, 1.82) is 0 Å². The molecule has 23 heavy (non-hydrogen) atoms. The molecule has 0 aliphatic heterocycles. The van der Waals surface area contributed by atoms with E-state index in [1.165, 1.54) is 0 Å². The average Bonchev–Trinajstić information content (AvgIpc) is 2.96. The van der Waals surface area contributed by atoms with Gasteiger partial charge in [0.15, 0.2) is 5.82 Å². The molecule has 6 heteroatoms. The number of anilines is 1. The third-order valence-electron chi connectivity index (χ3n) is 3.44. The summed E-state index contributed by atoms with van der Waals surface area (Å²) in [5, 5.41) is 7.71. The Bertz CT molecular complexity index is 785. The van der Waals surface area contributed by atoms with Gasteiger partial charge in [-0.1, -0.05) is 6.07 Å². The van der Waals surface area contributed by atoms with E-state index in [0.29, 0.717) is 6.61 Å². The summed E-state index contributed by atoms with van der Waals surface area (Å²) in [6.07, 6.45) is 4.46. The molecule has 0 spiro atoms. The van der Waals surface area contributed by atoms with Crippen molar-refractivity contribution in [2.75, 3.05) is 25.6 Å². The minimum Gasteiger partial charge on any atom is -0.497 e. The Kier molecular flexibility index (Phi) is 4.61. The Morgan fingerprint density at radius 3 is 2.96 bits per heavy atom. The zero-order valence-corrected chi connectivity index (χ0v) is 13.3. The van der Waals surface area contributed by atoms with Gasteiger partial charge in [0, 0.05) is 25.0 Å². The van der Waals surface area contributed by atoms with Crippen molar-refractivity contribution in [1.82, 2.24) is 14.6 Å². The first-order valence-electron chi connectivity index (χ1n) is 7.58. The topological polar surface area (TPSA) is 60.7 Å². The zero-order valence-electron chi connectivity index (χ0n) is 13.3. The number of hydrogen-bond acceptors (Lipinski definition) is 5. The van der Waals surface area contributed by atoms with Crippen LogP contribution in [0.25, 0.3) is 5.52 Å². The van der Waals surface area contributed by atoms with Crippen LogP contribution in [0, 0.1) is 6.92 Å². The number of rotatable bonds is 7. The van der Waals surface area contributed by atoms with Crippen LogP contribution in [0.1, 0.15) is 12.1 Å². The summed E-state index contributed by atoms with van der Waals surface area (Å²) in [5.74, 6) is 2.46. The van der Waals surface area contributed by atoms with Gasteiger partial charge < -0.3 is 14.8 Å². The van der Waals surface area contributed by atoms with Gasteiger partial charge in [-0.25, -0.2) is 9.50 Å². The lowest BCUT2D eigenvalue weighted by Gasteiger charge is -2.09. The first-order chi connectivity index (χ1) is 11.3. The number of aryl methyl sites for hydroxylation is 1. The fraction of sp³-hybridized carbons (Fsp3) is 0.294. The Labute approximate surface area is 135 Å². The van der Waals surface area contributed by atoms with Crippen LogP contribution in [0.4, 0.5) is 5.82 Å². The quantitative estimate of drug-likeness (QED) is 0.680.